The molecule has 132 valence electrons. The van der Waals surface area contributed by atoms with Gasteiger partial charge in [0.25, 0.3) is 0 Å². The van der Waals surface area contributed by atoms with E-state index in [1.807, 2.05) is 42.2 Å². The highest BCUT2D eigenvalue weighted by atomic mass is 19.1. The van der Waals surface area contributed by atoms with Gasteiger partial charge in [-0.05, 0) is 43.0 Å². The number of hydrogen-bond acceptors (Lipinski definition) is 3. The van der Waals surface area contributed by atoms with Crippen molar-refractivity contribution in [2.24, 2.45) is 0 Å². The number of halogens is 1. The van der Waals surface area contributed by atoms with Crippen LogP contribution in [0.1, 0.15) is 25.3 Å². The number of anilines is 2. The lowest BCUT2D eigenvalue weighted by Crippen LogP contribution is -2.37. The van der Waals surface area contributed by atoms with Gasteiger partial charge in [-0.15, -0.1) is 0 Å². The first-order valence-corrected chi connectivity index (χ1v) is 8.73. The van der Waals surface area contributed by atoms with Gasteiger partial charge < -0.3 is 15.0 Å². The Labute approximate surface area is 147 Å². The van der Waals surface area contributed by atoms with Gasteiger partial charge >= 0.3 is 0 Å². The molecule has 1 aliphatic rings. The number of ether oxygens (including phenoxy) is 1. The van der Waals surface area contributed by atoms with Crippen molar-refractivity contribution in [3.05, 3.63) is 53.8 Å². The fourth-order valence-corrected chi connectivity index (χ4v) is 3.12. The molecule has 4 nitrogen and oxygen atoms in total. The van der Waals surface area contributed by atoms with E-state index in [9.17, 15) is 9.18 Å². The summed E-state index contributed by atoms with van der Waals surface area (Å²) in [5.74, 6) is 0.211. The van der Waals surface area contributed by atoms with E-state index in [0.29, 0.717) is 30.3 Å². The lowest BCUT2D eigenvalue weighted by molar-refractivity contribution is -0.115. The van der Waals surface area contributed by atoms with Crippen molar-refractivity contribution < 1.29 is 13.9 Å². The second-order valence-corrected chi connectivity index (χ2v) is 6.17. The molecular formula is C20H23FN2O2. The molecule has 0 spiro atoms. The van der Waals surface area contributed by atoms with E-state index < -0.39 is 0 Å². The Morgan fingerprint density at radius 2 is 2.08 bits per heavy atom. The summed E-state index contributed by atoms with van der Waals surface area (Å²) in [4.78, 5) is 14.3. The Bertz CT molecular complexity index is 748. The van der Waals surface area contributed by atoms with Crippen LogP contribution in [0, 0.1) is 5.82 Å². The number of aryl methyl sites for hydroxylation is 1. The summed E-state index contributed by atoms with van der Waals surface area (Å²) < 4.78 is 19.9. The van der Waals surface area contributed by atoms with Crippen molar-refractivity contribution in [3.8, 4) is 5.75 Å². The molecular weight excluding hydrogens is 319 g/mol. The van der Waals surface area contributed by atoms with E-state index >= 15 is 0 Å². The van der Waals surface area contributed by atoms with Crippen molar-refractivity contribution in [2.75, 3.05) is 29.9 Å². The van der Waals surface area contributed by atoms with Crippen molar-refractivity contribution >= 4 is 17.3 Å². The number of amides is 1. The molecule has 0 fully saturated rings. The molecule has 2 aromatic rings. The van der Waals surface area contributed by atoms with Crippen LogP contribution in [0.4, 0.5) is 15.8 Å². The Morgan fingerprint density at radius 3 is 2.92 bits per heavy atom. The van der Waals surface area contributed by atoms with Crippen LogP contribution in [-0.2, 0) is 11.2 Å². The summed E-state index contributed by atoms with van der Waals surface area (Å²) in [6, 6.07) is 12.5. The molecule has 0 unspecified atom stereocenters. The van der Waals surface area contributed by atoms with E-state index in [4.69, 9.17) is 4.74 Å². The SMILES string of the molecule is CCCOc1ccccc1NC(=O)CN1CCCc2cccc(F)c21. The van der Waals surface area contributed by atoms with Gasteiger partial charge in [-0.3, -0.25) is 4.79 Å². The van der Waals surface area contributed by atoms with Crippen LogP contribution in [-0.4, -0.2) is 25.6 Å². The number of carbonyl (C=O) groups excluding carboxylic acids is 1. The van der Waals surface area contributed by atoms with Crippen molar-refractivity contribution in [3.63, 3.8) is 0 Å². The number of para-hydroxylation sites is 3. The van der Waals surface area contributed by atoms with E-state index in [1.165, 1.54) is 6.07 Å². The molecule has 1 N–H and O–H groups in total. The molecule has 0 atom stereocenters. The minimum Gasteiger partial charge on any atom is -0.491 e. The third-order valence-corrected chi connectivity index (χ3v) is 4.22. The zero-order valence-electron chi connectivity index (χ0n) is 14.4. The quantitative estimate of drug-likeness (QED) is 0.862. The predicted octanol–water partition coefficient (Wildman–Crippen LogP) is 4.01. The van der Waals surface area contributed by atoms with Gasteiger partial charge in [0.2, 0.25) is 5.91 Å². The van der Waals surface area contributed by atoms with Crippen LogP contribution in [0.15, 0.2) is 42.5 Å². The highest BCUT2D eigenvalue weighted by Gasteiger charge is 2.22. The number of nitrogens with zero attached hydrogens (tertiary/aromatic N) is 1. The Kier molecular flexibility index (Phi) is 5.53. The Balaban J connectivity index is 1.71. The van der Waals surface area contributed by atoms with Gasteiger partial charge in [0.1, 0.15) is 11.6 Å². The van der Waals surface area contributed by atoms with Crippen LogP contribution < -0.4 is 15.0 Å². The first kappa shape index (κ1) is 17.3. The van der Waals surface area contributed by atoms with E-state index in [1.54, 1.807) is 6.07 Å². The van der Waals surface area contributed by atoms with E-state index in [2.05, 4.69) is 5.32 Å². The standard InChI is InChI=1S/C20H23FN2O2/c1-2-13-25-18-11-4-3-10-17(18)22-19(24)14-23-12-6-8-15-7-5-9-16(21)20(15)23/h3-5,7,9-11H,2,6,8,12-14H2,1H3,(H,22,24). The average molecular weight is 342 g/mol. The smallest absolute Gasteiger partial charge is 0.243 e. The lowest BCUT2D eigenvalue weighted by atomic mass is 10.0. The third-order valence-electron chi connectivity index (χ3n) is 4.22. The first-order valence-electron chi connectivity index (χ1n) is 8.73. The summed E-state index contributed by atoms with van der Waals surface area (Å²) in [6.45, 7) is 3.42. The maximum atomic E-state index is 14.2. The third kappa shape index (κ3) is 4.10. The van der Waals surface area contributed by atoms with Crippen LogP contribution in [0.25, 0.3) is 0 Å². The van der Waals surface area contributed by atoms with Gasteiger partial charge in [-0.2, -0.15) is 0 Å². The molecule has 0 aromatic heterocycles. The number of hydrogen-bond donors (Lipinski definition) is 1. The molecule has 25 heavy (non-hydrogen) atoms. The number of fused-ring (bicyclic) bond motifs is 1. The molecule has 0 bridgehead atoms. The minimum absolute atomic E-state index is 0.121. The number of carbonyl (C=O) groups is 1. The molecule has 0 aliphatic carbocycles. The zero-order chi connectivity index (χ0) is 17.6. The largest absolute Gasteiger partial charge is 0.491 e. The second-order valence-electron chi connectivity index (χ2n) is 6.17. The van der Waals surface area contributed by atoms with Crippen molar-refractivity contribution in [1.29, 1.82) is 0 Å². The Hall–Kier alpha value is -2.56. The van der Waals surface area contributed by atoms with Gasteiger partial charge in [-0.25, -0.2) is 4.39 Å². The molecule has 1 aliphatic heterocycles. The van der Waals surface area contributed by atoms with Crippen LogP contribution in [0.5, 0.6) is 5.75 Å². The molecule has 1 heterocycles. The number of rotatable bonds is 6. The molecule has 5 heteroatoms. The highest BCUT2D eigenvalue weighted by molar-refractivity contribution is 5.95. The maximum absolute atomic E-state index is 14.2. The topological polar surface area (TPSA) is 41.6 Å². The zero-order valence-corrected chi connectivity index (χ0v) is 14.4. The number of nitrogens with one attached hydrogen (secondary N) is 1. The summed E-state index contributed by atoms with van der Waals surface area (Å²) in [7, 11) is 0. The summed E-state index contributed by atoms with van der Waals surface area (Å²) in [5.41, 5.74) is 2.16. The molecule has 0 saturated heterocycles. The fraction of sp³-hybridized carbons (Fsp3) is 0.350. The minimum atomic E-state index is -0.267. The maximum Gasteiger partial charge on any atom is 0.243 e. The Morgan fingerprint density at radius 1 is 1.24 bits per heavy atom. The average Bonchev–Trinajstić information content (AvgIpc) is 2.61. The second kappa shape index (κ2) is 8.01. The molecule has 1 amide bonds. The molecule has 0 saturated carbocycles. The molecule has 0 radical (unpaired) electrons. The monoisotopic (exact) mass is 342 g/mol. The summed E-state index contributed by atoms with van der Waals surface area (Å²) in [5, 5.41) is 2.89. The molecule has 3 rings (SSSR count). The lowest BCUT2D eigenvalue weighted by Gasteiger charge is -2.31. The highest BCUT2D eigenvalue weighted by Crippen LogP contribution is 2.30. The van der Waals surface area contributed by atoms with Gasteiger partial charge in [0.15, 0.2) is 0 Å². The van der Waals surface area contributed by atoms with E-state index in [0.717, 1.165) is 24.8 Å². The number of benzene rings is 2. The van der Waals surface area contributed by atoms with Crippen molar-refractivity contribution in [2.45, 2.75) is 26.2 Å². The van der Waals surface area contributed by atoms with Gasteiger partial charge in [-0.1, -0.05) is 31.2 Å². The molecule has 2 aromatic carbocycles. The normalized spacial score (nSPS) is 13.3. The van der Waals surface area contributed by atoms with Crippen LogP contribution >= 0.6 is 0 Å². The summed E-state index contributed by atoms with van der Waals surface area (Å²) in [6.07, 6.45) is 2.66. The van der Waals surface area contributed by atoms with E-state index in [-0.39, 0.29) is 18.3 Å². The van der Waals surface area contributed by atoms with Gasteiger partial charge in [0, 0.05) is 6.54 Å². The first-order chi connectivity index (χ1) is 12.2. The summed E-state index contributed by atoms with van der Waals surface area (Å²) >= 11 is 0. The predicted molar refractivity (Wildman–Crippen MR) is 97.8 cm³/mol. The van der Waals surface area contributed by atoms with Crippen molar-refractivity contribution in [1.82, 2.24) is 0 Å². The van der Waals surface area contributed by atoms with Crippen LogP contribution in [0.3, 0.4) is 0 Å². The fourth-order valence-electron chi connectivity index (χ4n) is 3.12. The van der Waals surface area contributed by atoms with Gasteiger partial charge in [0.05, 0.1) is 24.5 Å². The van der Waals surface area contributed by atoms with Crippen LogP contribution in [0.2, 0.25) is 0 Å².